The number of nitrogens with zero attached hydrogens (tertiary/aromatic N) is 1. The molecule has 0 aliphatic heterocycles. The van der Waals surface area contributed by atoms with Crippen molar-refractivity contribution >= 4 is 28.5 Å². The standard InChI is InChI=1S/C9H10F2N4OS/c10-5-1-2-7(6(11)3-5)14-8(16)4-17-9(12)15-13/h1-3H,4,13H2,(H2,12,15)(H,14,16). The Morgan fingerprint density at radius 1 is 1.47 bits per heavy atom. The van der Waals surface area contributed by atoms with Gasteiger partial charge in [0.25, 0.3) is 0 Å². The van der Waals surface area contributed by atoms with Gasteiger partial charge in [0.1, 0.15) is 11.6 Å². The van der Waals surface area contributed by atoms with Gasteiger partial charge >= 0.3 is 0 Å². The van der Waals surface area contributed by atoms with Crippen LogP contribution in [0.4, 0.5) is 14.5 Å². The van der Waals surface area contributed by atoms with Crippen LogP contribution in [0.25, 0.3) is 0 Å². The Hall–Kier alpha value is -1.83. The molecule has 0 heterocycles. The average Bonchev–Trinajstić information content (AvgIpc) is 2.29. The van der Waals surface area contributed by atoms with Crippen LogP contribution in [0.5, 0.6) is 0 Å². The van der Waals surface area contributed by atoms with Gasteiger partial charge in [-0.05, 0) is 12.1 Å². The molecule has 0 atom stereocenters. The van der Waals surface area contributed by atoms with Crippen molar-refractivity contribution in [3.63, 3.8) is 0 Å². The van der Waals surface area contributed by atoms with E-state index in [1.807, 2.05) is 0 Å². The largest absolute Gasteiger partial charge is 0.377 e. The van der Waals surface area contributed by atoms with Gasteiger partial charge in [-0.15, -0.1) is 0 Å². The summed E-state index contributed by atoms with van der Waals surface area (Å²) in [5.74, 6) is 2.74. The maximum Gasteiger partial charge on any atom is 0.234 e. The fourth-order valence-electron chi connectivity index (χ4n) is 0.954. The highest BCUT2D eigenvalue weighted by atomic mass is 32.2. The molecule has 1 rings (SSSR count). The molecule has 0 bridgehead atoms. The van der Waals surface area contributed by atoms with E-state index < -0.39 is 17.5 Å². The summed E-state index contributed by atoms with van der Waals surface area (Å²) in [6.07, 6.45) is 0. The van der Waals surface area contributed by atoms with Gasteiger partial charge in [0.05, 0.1) is 11.4 Å². The molecule has 92 valence electrons. The quantitative estimate of drug-likeness (QED) is 0.325. The van der Waals surface area contributed by atoms with E-state index in [-0.39, 0.29) is 16.6 Å². The number of nitrogens with two attached hydrogens (primary N) is 2. The van der Waals surface area contributed by atoms with Gasteiger partial charge in [-0.2, -0.15) is 5.10 Å². The zero-order valence-electron chi connectivity index (χ0n) is 8.61. The fraction of sp³-hybridized carbons (Fsp3) is 0.111. The Labute approximate surface area is 100 Å². The zero-order chi connectivity index (χ0) is 12.8. The molecular weight excluding hydrogens is 250 g/mol. The maximum atomic E-state index is 13.1. The monoisotopic (exact) mass is 260 g/mol. The number of hydrogen-bond acceptors (Lipinski definition) is 4. The van der Waals surface area contributed by atoms with Crippen molar-refractivity contribution < 1.29 is 13.6 Å². The van der Waals surface area contributed by atoms with E-state index in [0.717, 1.165) is 23.9 Å². The summed E-state index contributed by atoms with van der Waals surface area (Å²) in [4.78, 5) is 11.3. The second-order valence-corrected chi connectivity index (χ2v) is 3.92. The molecule has 1 amide bonds. The molecule has 0 aliphatic rings. The van der Waals surface area contributed by atoms with Crippen molar-refractivity contribution in [1.82, 2.24) is 0 Å². The van der Waals surface area contributed by atoms with E-state index in [1.165, 1.54) is 0 Å². The van der Waals surface area contributed by atoms with Crippen LogP contribution in [0, 0.1) is 11.6 Å². The molecule has 0 saturated carbocycles. The lowest BCUT2D eigenvalue weighted by Gasteiger charge is -2.05. The third kappa shape index (κ3) is 4.27. The number of halogens is 2. The van der Waals surface area contributed by atoms with Crippen molar-refractivity contribution in [3.05, 3.63) is 29.8 Å². The Balaban J connectivity index is 2.56. The molecule has 0 fully saturated rings. The summed E-state index contributed by atoms with van der Waals surface area (Å²) in [5, 5.41) is 5.46. The molecule has 0 radical (unpaired) electrons. The smallest absolute Gasteiger partial charge is 0.234 e. The van der Waals surface area contributed by atoms with Gasteiger partial charge < -0.3 is 16.9 Å². The zero-order valence-corrected chi connectivity index (χ0v) is 9.43. The number of amides is 1. The molecule has 0 aromatic heterocycles. The van der Waals surface area contributed by atoms with Crippen LogP contribution in [0.3, 0.4) is 0 Å². The van der Waals surface area contributed by atoms with Crippen molar-refractivity contribution in [2.75, 3.05) is 11.1 Å². The number of nitrogens with one attached hydrogen (secondary N) is 1. The average molecular weight is 260 g/mol. The van der Waals surface area contributed by atoms with E-state index in [1.54, 1.807) is 0 Å². The van der Waals surface area contributed by atoms with Crippen LogP contribution in [0.15, 0.2) is 23.3 Å². The molecule has 5 nitrogen and oxygen atoms in total. The van der Waals surface area contributed by atoms with Crippen LogP contribution in [0.2, 0.25) is 0 Å². The van der Waals surface area contributed by atoms with Gasteiger partial charge in [0.2, 0.25) is 5.91 Å². The molecular formula is C9H10F2N4OS. The van der Waals surface area contributed by atoms with E-state index in [4.69, 9.17) is 11.6 Å². The maximum absolute atomic E-state index is 13.1. The lowest BCUT2D eigenvalue weighted by Crippen LogP contribution is -2.19. The second-order valence-electron chi connectivity index (χ2n) is 2.93. The number of amidine groups is 1. The van der Waals surface area contributed by atoms with Crippen LogP contribution in [-0.2, 0) is 4.79 Å². The first kappa shape index (κ1) is 13.2. The van der Waals surface area contributed by atoms with Gasteiger partial charge in [0, 0.05) is 6.07 Å². The number of rotatable bonds is 3. The molecule has 0 saturated heterocycles. The molecule has 1 aromatic carbocycles. The van der Waals surface area contributed by atoms with Gasteiger partial charge in [0.15, 0.2) is 5.17 Å². The number of carbonyl (C=O) groups excluding carboxylic acids is 1. The molecule has 8 heteroatoms. The van der Waals surface area contributed by atoms with Crippen LogP contribution in [0.1, 0.15) is 0 Å². The molecule has 5 N–H and O–H groups in total. The number of hydrazone groups is 1. The molecule has 17 heavy (non-hydrogen) atoms. The van der Waals surface area contributed by atoms with Gasteiger partial charge in [-0.1, -0.05) is 11.8 Å². The van der Waals surface area contributed by atoms with Crippen molar-refractivity contribution in [2.45, 2.75) is 0 Å². The Morgan fingerprint density at radius 3 is 2.76 bits per heavy atom. The Morgan fingerprint density at radius 2 is 2.18 bits per heavy atom. The lowest BCUT2D eigenvalue weighted by atomic mass is 10.3. The summed E-state index contributed by atoms with van der Waals surface area (Å²) in [6.45, 7) is 0. The third-order valence-electron chi connectivity index (χ3n) is 1.68. The van der Waals surface area contributed by atoms with Crippen LogP contribution in [-0.4, -0.2) is 16.8 Å². The third-order valence-corrected chi connectivity index (χ3v) is 2.49. The van der Waals surface area contributed by atoms with Crippen LogP contribution >= 0.6 is 11.8 Å². The minimum Gasteiger partial charge on any atom is -0.377 e. The Kier molecular flexibility index (Phi) is 4.70. The molecule has 0 unspecified atom stereocenters. The first-order valence-electron chi connectivity index (χ1n) is 4.44. The highest BCUT2D eigenvalue weighted by Gasteiger charge is 2.08. The summed E-state index contributed by atoms with van der Waals surface area (Å²) >= 11 is 0.907. The number of carbonyl (C=O) groups is 1. The van der Waals surface area contributed by atoms with E-state index in [9.17, 15) is 13.6 Å². The minimum absolute atomic E-state index is 0.0414. The first-order valence-corrected chi connectivity index (χ1v) is 5.42. The van der Waals surface area contributed by atoms with Crippen molar-refractivity contribution in [1.29, 1.82) is 0 Å². The number of benzene rings is 1. The lowest BCUT2D eigenvalue weighted by molar-refractivity contribution is -0.113. The van der Waals surface area contributed by atoms with Crippen LogP contribution < -0.4 is 16.9 Å². The highest BCUT2D eigenvalue weighted by Crippen LogP contribution is 2.15. The predicted molar refractivity (Wildman–Crippen MR) is 63.3 cm³/mol. The number of anilines is 1. The van der Waals surface area contributed by atoms with E-state index >= 15 is 0 Å². The number of hydrogen-bond donors (Lipinski definition) is 3. The molecule has 0 aliphatic carbocycles. The molecule has 1 aromatic rings. The van der Waals surface area contributed by atoms with E-state index in [0.29, 0.717) is 6.07 Å². The Bertz CT molecular complexity index is 453. The first-order chi connectivity index (χ1) is 8.02. The summed E-state index contributed by atoms with van der Waals surface area (Å²) in [6, 6.07) is 2.85. The van der Waals surface area contributed by atoms with Gasteiger partial charge in [-0.3, -0.25) is 4.79 Å². The SMILES string of the molecule is NN=C(N)SCC(=O)Nc1ccc(F)cc1F. The topological polar surface area (TPSA) is 93.5 Å². The number of thioether (sulfide) groups is 1. The summed E-state index contributed by atoms with van der Waals surface area (Å²) in [5.41, 5.74) is 5.15. The molecule has 0 spiro atoms. The predicted octanol–water partition coefficient (Wildman–Crippen LogP) is 0.825. The summed E-state index contributed by atoms with van der Waals surface area (Å²) in [7, 11) is 0. The van der Waals surface area contributed by atoms with Gasteiger partial charge in [-0.25, -0.2) is 8.78 Å². The van der Waals surface area contributed by atoms with E-state index in [2.05, 4.69) is 10.4 Å². The highest BCUT2D eigenvalue weighted by molar-refractivity contribution is 8.14. The van der Waals surface area contributed by atoms with Crippen molar-refractivity contribution in [2.24, 2.45) is 16.7 Å². The fourth-order valence-corrected chi connectivity index (χ4v) is 1.38. The second kappa shape index (κ2) is 6.04. The summed E-state index contributed by atoms with van der Waals surface area (Å²) < 4.78 is 25.7. The van der Waals surface area contributed by atoms with Crippen molar-refractivity contribution in [3.8, 4) is 0 Å². The minimum atomic E-state index is -0.844. The normalized spacial score (nSPS) is 11.3.